The Morgan fingerprint density at radius 3 is 2.38 bits per heavy atom. The molecule has 16 heavy (non-hydrogen) atoms. The van der Waals surface area contributed by atoms with Crippen LogP contribution >= 0.6 is 10.7 Å². The molecule has 0 N–H and O–H groups in total. The van der Waals surface area contributed by atoms with Crippen LogP contribution in [0.2, 0.25) is 0 Å². The van der Waals surface area contributed by atoms with E-state index in [0.29, 0.717) is 6.42 Å². The van der Waals surface area contributed by atoms with Crippen molar-refractivity contribution in [3.63, 3.8) is 0 Å². The Labute approximate surface area is 100 Å². The largest absolute Gasteiger partial charge is 0.460 e. The van der Waals surface area contributed by atoms with E-state index in [0.717, 1.165) is 4.31 Å². The minimum atomic E-state index is -3.71. The fourth-order valence-electron chi connectivity index (χ4n) is 1.50. The van der Waals surface area contributed by atoms with Crippen LogP contribution in [0.4, 0.5) is 0 Å². The second-order valence-corrected chi connectivity index (χ2v) is 7.33. The lowest BCUT2D eigenvalue weighted by atomic mass is 10.1. The summed E-state index contributed by atoms with van der Waals surface area (Å²) in [5.41, 5.74) is -0.551. The van der Waals surface area contributed by atoms with Gasteiger partial charge in [0.15, 0.2) is 0 Å². The maximum absolute atomic E-state index is 11.6. The van der Waals surface area contributed by atoms with Crippen LogP contribution in [-0.4, -0.2) is 37.4 Å². The Hall–Kier alpha value is -0.330. The first kappa shape index (κ1) is 13.7. The molecule has 1 saturated heterocycles. The van der Waals surface area contributed by atoms with E-state index < -0.39 is 20.8 Å². The maximum atomic E-state index is 11.6. The van der Waals surface area contributed by atoms with E-state index in [-0.39, 0.29) is 19.1 Å². The van der Waals surface area contributed by atoms with Crippen molar-refractivity contribution in [3.05, 3.63) is 0 Å². The average Bonchev–Trinajstić information content (AvgIpc) is 2.46. The Morgan fingerprint density at radius 1 is 1.44 bits per heavy atom. The van der Waals surface area contributed by atoms with Crippen molar-refractivity contribution in [1.82, 2.24) is 4.31 Å². The van der Waals surface area contributed by atoms with Gasteiger partial charge in [-0.3, -0.25) is 4.79 Å². The highest BCUT2D eigenvalue weighted by atomic mass is 35.7. The van der Waals surface area contributed by atoms with E-state index in [1.165, 1.54) is 0 Å². The lowest BCUT2D eigenvalue weighted by Crippen LogP contribution is -2.31. The smallest absolute Gasteiger partial charge is 0.310 e. The SMILES string of the molecule is CC(C)(C)OC(=O)C1CCN(S(=O)(=O)Cl)C1. The molecule has 0 aromatic heterocycles. The molecule has 7 heteroatoms. The number of rotatable bonds is 2. The molecule has 0 aromatic rings. The van der Waals surface area contributed by atoms with Gasteiger partial charge in [-0.1, -0.05) is 0 Å². The van der Waals surface area contributed by atoms with Gasteiger partial charge in [0.05, 0.1) is 5.92 Å². The van der Waals surface area contributed by atoms with Crippen molar-refractivity contribution in [1.29, 1.82) is 0 Å². The van der Waals surface area contributed by atoms with E-state index in [4.69, 9.17) is 15.4 Å². The molecule has 94 valence electrons. The van der Waals surface area contributed by atoms with E-state index in [1.807, 2.05) is 0 Å². The number of esters is 1. The Kier molecular flexibility index (Phi) is 3.87. The fourth-order valence-corrected chi connectivity index (χ4v) is 2.56. The van der Waals surface area contributed by atoms with Crippen molar-refractivity contribution in [2.75, 3.05) is 13.1 Å². The molecule has 0 bridgehead atoms. The highest BCUT2D eigenvalue weighted by Crippen LogP contribution is 2.24. The van der Waals surface area contributed by atoms with Gasteiger partial charge >= 0.3 is 5.97 Å². The third kappa shape index (κ3) is 3.92. The first-order valence-electron chi connectivity index (χ1n) is 5.02. The van der Waals surface area contributed by atoms with Crippen LogP contribution in [0.1, 0.15) is 27.2 Å². The molecule has 0 saturated carbocycles. The molecule has 1 heterocycles. The van der Waals surface area contributed by atoms with Crippen molar-refractivity contribution < 1.29 is 17.9 Å². The molecule has 1 fully saturated rings. The summed E-state index contributed by atoms with van der Waals surface area (Å²) in [6.45, 7) is 5.71. The van der Waals surface area contributed by atoms with E-state index in [1.54, 1.807) is 20.8 Å². The molecule has 0 aromatic carbocycles. The second-order valence-electron chi connectivity index (χ2n) is 4.82. The molecular formula is C9H16ClNO4S. The van der Waals surface area contributed by atoms with Crippen LogP contribution in [0, 0.1) is 5.92 Å². The zero-order chi connectivity index (χ0) is 12.6. The quantitative estimate of drug-likeness (QED) is 0.557. The van der Waals surface area contributed by atoms with Crippen LogP contribution in [0.3, 0.4) is 0 Å². The number of carbonyl (C=O) groups is 1. The Bertz CT molecular complexity index is 373. The van der Waals surface area contributed by atoms with Gasteiger partial charge in [0.2, 0.25) is 0 Å². The summed E-state index contributed by atoms with van der Waals surface area (Å²) in [6, 6.07) is 0. The van der Waals surface area contributed by atoms with Gasteiger partial charge in [-0.2, -0.15) is 12.7 Å². The van der Waals surface area contributed by atoms with Gasteiger partial charge in [0.25, 0.3) is 9.24 Å². The molecule has 1 unspecified atom stereocenters. The number of hydrogen-bond acceptors (Lipinski definition) is 4. The van der Waals surface area contributed by atoms with Crippen molar-refractivity contribution in [2.45, 2.75) is 32.8 Å². The predicted molar refractivity (Wildman–Crippen MR) is 60.3 cm³/mol. The first-order chi connectivity index (χ1) is 7.09. The standard InChI is InChI=1S/C9H16ClNO4S/c1-9(2,3)15-8(12)7-4-5-11(6-7)16(10,13)14/h7H,4-6H2,1-3H3. The summed E-state index contributed by atoms with van der Waals surface area (Å²) in [5.74, 6) is -0.775. The summed E-state index contributed by atoms with van der Waals surface area (Å²) < 4.78 is 28.3. The van der Waals surface area contributed by atoms with Gasteiger partial charge in [-0.25, -0.2) is 0 Å². The number of hydrogen-bond donors (Lipinski definition) is 0. The minimum absolute atomic E-state index is 0.112. The van der Waals surface area contributed by atoms with Crippen molar-refractivity contribution >= 4 is 25.9 Å². The Balaban J connectivity index is 2.57. The molecule has 1 aliphatic heterocycles. The number of carbonyl (C=O) groups excluding carboxylic acids is 1. The van der Waals surface area contributed by atoms with E-state index in [9.17, 15) is 13.2 Å². The monoisotopic (exact) mass is 269 g/mol. The van der Waals surface area contributed by atoms with Crippen LogP contribution < -0.4 is 0 Å². The highest BCUT2D eigenvalue weighted by molar-refractivity contribution is 8.11. The van der Waals surface area contributed by atoms with Gasteiger partial charge < -0.3 is 4.74 Å². The number of nitrogens with zero attached hydrogens (tertiary/aromatic N) is 1. The predicted octanol–water partition coefficient (Wildman–Crippen LogP) is 1.13. The summed E-state index contributed by atoms with van der Waals surface area (Å²) in [4.78, 5) is 11.6. The Morgan fingerprint density at radius 2 is 2.00 bits per heavy atom. The van der Waals surface area contributed by atoms with Crippen LogP contribution in [0.25, 0.3) is 0 Å². The fraction of sp³-hybridized carbons (Fsp3) is 0.889. The summed E-state index contributed by atoms with van der Waals surface area (Å²) >= 11 is 0. The summed E-state index contributed by atoms with van der Waals surface area (Å²) in [5, 5.41) is 0. The average molecular weight is 270 g/mol. The highest BCUT2D eigenvalue weighted by Gasteiger charge is 2.36. The van der Waals surface area contributed by atoms with Gasteiger partial charge in [0, 0.05) is 23.8 Å². The molecule has 0 radical (unpaired) electrons. The third-order valence-corrected chi connectivity index (χ3v) is 3.73. The molecule has 1 atom stereocenters. The molecule has 0 spiro atoms. The topological polar surface area (TPSA) is 63.7 Å². The second kappa shape index (κ2) is 4.50. The van der Waals surface area contributed by atoms with E-state index >= 15 is 0 Å². The maximum Gasteiger partial charge on any atom is 0.310 e. The van der Waals surface area contributed by atoms with Crippen molar-refractivity contribution in [2.24, 2.45) is 5.92 Å². The first-order valence-corrected chi connectivity index (χ1v) is 7.29. The van der Waals surface area contributed by atoms with Crippen LogP contribution in [0.5, 0.6) is 0 Å². The van der Waals surface area contributed by atoms with Crippen molar-refractivity contribution in [3.8, 4) is 0 Å². The molecular weight excluding hydrogens is 254 g/mol. The molecule has 1 aliphatic rings. The van der Waals surface area contributed by atoms with E-state index in [2.05, 4.69) is 0 Å². The lowest BCUT2D eigenvalue weighted by molar-refractivity contribution is -0.159. The zero-order valence-electron chi connectivity index (χ0n) is 9.57. The summed E-state index contributed by atoms with van der Waals surface area (Å²) in [6.07, 6.45) is 0.459. The van der Waals surface area contributed by atoms with Gasteiger partial charge in [-0.15, -0.1) is 0 Å². The molecule has 0 aliphatic carbocycles. The lowest BCUT2D eigenvalue weighted by Gasteiger charge is -2.21. The summed E-state index contributed by atoms with van der Waals surface area (Å²) in [7, 11) is 1.47. The molecule has 5 nitrogen and oxygen atoms in total. The molecule has 1 rings (SSSR count). The van der Waals surface area contributed by atoms with Gasteiger partial charge in [0.1, 0.15) is 5.60 Å². The zero-order valence-corrected chi connectivity index (χ0v) is 11.1. The van der Waals surface area contributed by atoms with Crippen LogP contribution in [-0.2, 0) is 18.8 Å². The third-order valence-electron chi connectivity index (χ3n) is 2.20. The molecule has 0 amide bonds. The van der Waals surface area contributed by atoms with Crippen LogP contribution in [0.15, 0.2) is 0 Å². The number of ether oxygens (including phenoxy) is 1. The number of halogens is 1. The van der Waals surface area contributed by atoms with Gasteiger partial charge in [-0.05, 0) is 27.2 Å². The minimum Gasteiger partial charge on any atom is -0.460 e. The normalized spacial score (nSPS) is 23.4.